The van der Waals surface area contributed by atoms with Gasteiger partial charge in [0.05, 0.1) is 35.1 Å². The Balaban J connectivity index is 1.59. The van der Waals surface area contributed by atoms with E-state index in [1.165, 1.54) is 11.1 Å². The fourth-order valence-electron chi connectivity index (χ4n) is 6.51. The molecule has 0 aromatic heterocycles. The summed E-state index contributed by atoms with van der Waals surface area (Å²) in [6.45, 7) is 22.0. The van der Waals surface area contributed by atoms with Gasteiger partial charge in [0.2, 0.25) is 0 Å². The molecule has 0 amide bonds. The molecule has 2 aliphatic rings. The van der Waals surface area contributed by atoms with E-state index in [0.29, 0.717) is 22.8 Å². The first-order valence-electron chi connectivity index (χ1n) is 15.4. The Bertz CT molecular complexity index is 1030. The molecule has 4 unspecified atom stereocenters. The van der Waals surface area contributed by atoms with Gasteiger partial charge in [0.15, 0.2) is 9.84 Å². The third-order valence-corrected chi connectivity index (χ3v) is 11.4. The highest BCUT2D eigenvalue weighted by Gasteiger charge is 2.44. The van der Waals surface area contributed by atoms with E-state index >= 15 is 0 Å². The number of allylic oxidation sites excluding steroid dienone is 1. The van der Waals surface area contributed by atoms with Crippen LogP contribution >= 0.6 is 0 Å². The molecule has 220 valence electrons. The van der Waals surface area contributed by atoms with Crippen molar-refractivity contribution < 1.29 is 17.9 Å². The molecule has 4 nitrogen and oxygen atoms in total. The zero-order valence-electron chi connectivity index (χ0n) is 25.4. The highest BCUT2D eigenvalue weighted by Crippen LogP contribution is 2.41. The molecule has 39 heavy (non-hydrogen) atoms. The Morgan fingerprint density at radius 2 is 1.69 bits per heavy atom. The van der Waals surface area contributed by atoms with Gasteiger partial charge < -0.3 is 9.47 Å². The van der Waals surface area contributed by atoms with Crippen molar-refractivity contribution in [2.45, 2.75) is 122 Å². The first-order valence-corrected chi connectivity index (χ1v) is 17.0. The summed E-state index contributed by atoms with van der Waals surface area (Å²) < 4.78 is 39.4. The zero-order chi connectivity index (χ0) is 28.7. The van der Waals surface area contributed by atoms with Crippen LogP contribution < -0.4 is 0 Å². The first kappa shape index (κ1) is 32.1. The van der Waals surface area contributed by atoms with Crippen LogP contribution in [0.1, 0.15) is 92.9 Å². The molecule has 1 aromatic rings. The minimum atomic E-state index is -3.39. The average molecular weight is 559 g/mol. The van der Waals surface area contributed by atoms with Crippen molar-refractivity contribution in [1.82, 2.24) is 0 Å². The van der Waals surface area contributed by atoms with Gasteiger partial charge in [0.25, 0.3) is 0 Å². The topological polar surface area (TPSA) is 52.6 Å². The summed E-state index contributed by atoms with van der Waals surface area (Å²) in [6, 6.07) is 8.89. The van der Waals surface area contributed by atoms with Crippen molar-refractivity contribution in [2.75, 3.05) is 5.75 Å². The lowest BCUT2D eigenvalue weighted by Crippen LogP contribution is -2.30. The highest BCUT2D eigenvalue weighted by molar-refractivity contribution is 7.91. The van der Waals surface area contributed by atoms with E-state index in [1.54, 1.807) is 24.3 Å². The van der Waals surface area contributed by atoms with Crippen molar-refractivity contribution in [1.29, 1.82) is 0 Å². The standard InChI is InChI=1S/C34H54O4S/c1-9-23(2)19-33-29(8)31(22-39(35,36)30-16-11-10-12-17-30)34(38-33)21-25(4)28(7)24(3)15-13-14-18-32-26(5)20-27(6)37-32/h10-12,16-17,23-25,27,29,31-34H,5,7,9,13-15,18-22H2,1-4,6,8H3/t23?,24-,25?,27+,29-,31-,32?,33-,34?/m1/s1. The average Bonchev–Trinajstić information content (AvgIpc) is 3.37. The Morgan fingerprint density at radius 3 is 2.31 bits per heavy atom. The Hall–Kier alpha value is -1.43. The lowest BCUT2D eigenvalue weighted by molar-refractivity contribution is 0.00926. The largest absolute Gasteiger partial charge is 0.374 e. The Kier molecular flexibility index (Phi) is 11.9. The fraction of sp³-hybridized carbons (Fsp3) is 0.706. The number of ether oxygens (including phenoxy) is 2. The molecule has 1 aromatic carbocycles. The smallest absolute Gasteiger partial charge is 0.178 e. The van der Waals surface area contributed by atoms with Crippen LogP contribution in [-0.4, -0.2) is 38.6 Å². The number of hydrogen-bond donors (Lipinski definition) is 0. The van der Waals surface area contributed by atoms with Crippen LogP contribution in [-0.2, 0) is 19.3 Å². The predicted molar refractivity (Wildman–Crippen MR) is 163 cm³/mol. The van der Waals surface area contributed by atoms with Crippen LogP contribution in [0.5, 0.6) is 0 Å². The maximum absolute atomic E-state index is 13.4. The molecular weight excluding hydrogens is 504 g/mol. The lowest BCUT2D eigenvalue weighted by Gasteiger charge is -2.27. The molecular formula is C34H54O4S. The van der Waals surface area contributed by atoms with E-state index in [4.69, 9.17) is 9.47 Å². The van der Waals surface area contributed by atoms with Gasteiger partial charge in [-0.25, -0.2) is 8.42 Å². The van der Waals surface area contributed by atoms with Crippen LogP contribution in [0.25, 0.3) is 0 Å². The molecule has 0 aliphatic carbocycles. The Morgan fingerprint density at radius 1 is 1.00 bits per heavy atom. The molecule has 0 bridgehead atoms. The van der Waals surface area contributed by atoms with E-state index in [9.17, 15) is 8.42 Å². The SMILES string of the molecule is C=C1C[C@H](C)OC1CCCC[C@@H](C)C(=C)C(C)CC1O[C@H](CC(C)CC)[C@H](C)[C@H]1CS(=O)(=O)c1ccccc1. The first-order chi connectivity index (χ1) is 18.4. The minimum Gasteiger partial charge on any atom is -0.374 e. The van der Waals surface area contributed by atoms with E-state index in [2.05, 4.69) is 54.7 Å². The number of unbranched alkanes of at least 4 members (excludes halogenated alkanes) is 1. The summed E-state index contributed by atoms with van der Waals surface area (Å²) in [5.74, 6) is 1.59. The lowest BCUT2D eigenvalue weighted by atomic mass is 9.80. The van der Waals surface area contributed by atoms with Crippen molar-refractivity contribution in [2.24, 2.45) is 29.6 Å². The zero-order valence-corrected chi connectivity index (χ0v) is 26.2. The minimum absolute atomic E-state index is 0.0169. The second-order valence-electron chi connectivity index (χ2n) is 12.8. The van der Waals surface area contributed by atoms with Gasteiger partial charge >= 0.3 is 0 Å². The number of sulfone groups is 1. The third-order valence-electron chi connectivity index (χ3n) is 9.54. The maximum atomic E-state index is 13.4. The van der Waals surface area contributed by atoms with Crippen LogP contribution in [0.2, 0.25) is 0 Å². The van der Waals surface area contributed by atoms with Crippen LogP contribution in [0.3, 0.4) is 0 Å². The van der Waals surface area contributed by atoms with Crippen molar-refractivity contribution in [3.05, 3.63) is 54.6 Å². The second-order valence-corrected chi connectivity index (χ2v) is 14.8. The van der Waals surface area contributed by atoms with Crippen LogP contribution in [0.4, 0.5) is 0 Å². The van der Waals surface area contributed by atoms with Gasteiger partial charge in [-0.05, 0) is 80.4 Å². The second kappa shape index (κ2) is 14.5. The van der Waals surface area contributed by atoms with Gasteiger partial charge in [-0.1, -0.05) is 90.8 Å². The number of hydrogen-bond acceptors (Lipinski definition) is 4. The van der Waals surface area contributed by atoms with Crippen molar-refractivity contribution in [3.8, 4) is 0 Å². The molecule has 3 rings (SSSR count). The molecule has 2 heterocycles. The fourth-order valence-corrected chi connectivity index (χ4v) is 8.30. The van der Waals surface area contributed by atoms with Gasteiger partial charge in [0, 0.05) is 5.92 Å². The molecule has 2 fully saturated rings. The van der Waals surface area contributed by atoms with Gasteiger partial charge in [-0.2, -0.15) is 0 Å². The molecule has 0 saturated carbocycles. The quantitative estimate of drug-likeness (QED) is 0.160. The van der Waals surface area contributed by atoms with E-state index in [-0.39, 0.29) is 41.8 Å². The summed E-state index contributed by atoms with van der Waals surface area (Å²) in [4.78, 5) is 0.411. The van der Waals surface area contributed by atoms with Gasteiger partial charge in [0.1, 0.15) is 0 Å². The molecule has 2 saturated heterocycles. The maximum Gasteiger partial charge on any atom is 0.178 e. The van der Waals surface area contributed by atoms with Gasteiger partial charge in [-0.3, -0.25) is 0 Å². The van der Waals surface area contributed by atoms with Crippen LogP contribution in [0.15, 0.2) is 59.5 Å². The normalized spacial score (nSPS) is 29.8. The third kappa shape index (κ3) is 8.78. The van der Waals surface area contributed by atoms with E-state index in [1.807, 2.05) is 6.07 Å². The summed E-state index contributed by atoms with van der Waals surface area (Å²) in [6.07, 6.45) is 8.94. The summed E-state index contributed by atoms with van der Waals surface area (Å²) in [5.41, 5.74) is 2.51. The van der Waals surface area contributed by atoms with Crippen LogP contribution in [0, 0.1) is 29.6 Å². The molecule has 0 radical (unpaired) electrons. The predicted octanol–water partition coefficient (Wildman–Crippen LogP) is 8.43. The molecule has 0 spiro atoms. The van der Waals surface area contributed by atoms with E-state index < -0.39 is 9.84 Å². The van der Waals surface area contributed by atoms with Gasteiger partial charge in [-0.15, -0.1) is 0 Å². The van der Waals surface area contributed by atoms with Crippen molar-refractivity contribution >= 4 is 9.84 Å². The summed E-state index contributed by atoms with van der Waals surface area (Å²) >= 11 is 0. The highest BCUT2D eigenvalue weighted by atomic mass is 32.2. The monoisotopic (exact) mass is 558 g/mol. The molecule has 9 atom stereocenters. The Labute approximate surface area is 239 Å². The number of rotatable bonds is 15. The van der Waals surface area contributed by atoms with E-state index in [0.717, 1.165) is 51.4 Å². The number of benzene rings is 1. The van der Waals surface area contributed by atoms with Crippen molar-refractivity contribution in [3.63, 3.8) is 0 Å². The molecule has 5 heteroatoms. The molecule has 0 N–H and O–H groups in total. The summed E-state index contributed by atoms with van der Waals surface area (Å²) in [5, 5.41) is 0. The molecule has 2 aliphatic heterocycles. The summed E-state index contributed by atoms with van der Waals surface area (Å²) in [7, 11) is -3.39.